The number of carbonyl (C=O) groups excluding carboxylic acids is 2. The van der Waals surface area contributed by atoms with Gasteiger partial charge in [-0.05, 0) is 35.2 Å². The number of benzene rings is 3. The van der Waals surface area contributed by atoms with Crippen molar-refractivity contribution in [2.45, 2.75) is 25.0 Å². The van der Waals surface area contributed by atoms with E-state index in [-0.39, 0.29) is 12.5 Å². The molecule has 0 aliphatic carbocycles. The maximum absolute atomic E-state index is 13.4. The number of hydrogen-bond donors (Lipinski definition) is 0. The Morgan fingerprint density at radius 1 is 0.794 bits per heavy atom. The second-order valence-electron chi connectivity index (χ2n) is 8.42. The van der Waals surface area contributed by atoms with Gasteiger partial charge in [0.05, 0.1) is 27.4 Å². The Morgan fingerprint density at radius 2 is 1.32 bits per heavy atom. The van der Waals surface area contributed by atoms with Gasteiger partial charge in [0.2, 0.25) is 0 Å². The molecule has 0 saturated carbocycles. The molecule has 6 nitrogen and oxygen atoms in total. The van der Waals surface area contributed by atoms with Crippen LogP contribution in [0.1, 0.15) is 35.2 Å². The number of nitrogens with zero attached hydrogens (tertiary/aromatic N) is 1. The summed E-state index contributed by atoms with van der Waals surface area (Å²) in [6, 6.07) is 26.6. The molecule has 1 heterocycles. The molecule has 1 fully saturated rings. The third kappa shape index (κ3) is 4.17. The van der Waals surface area contributed by atoms with Crippen LogP contribution in [0.4, 0.5) is 0 Å². The Bertz CT molecular complexity index is 1100. The summed E-state index contributed by atoms with van der Waals surface area (Å²) in [4.78, 5) is 29.0. The van der Waals surface area contributed by atoms with Crippen molar-refractivity contribution in [1.29, 1.82) is 0 Å². The Hall–Kier alpha value is -3.64. The van der Waals surface area contributed by atoms with Gasteiger partial charge >= 0.3 is 11.9 Å². The van der Waals surface area contributed by atoms with Crippen molar-refractivity contribution < 1.29 is 23.8 Å². The van der Waals surface area contributed by atoms with Crippen LogP contribution in [-0.2, 0) is 25.6 Å². The summed E-state index contributed by atoms with van der Waals surface area (Å²) in [5.41, 5.74) is 1.39. The number of methoxy groups -OCH3 is 3. The molecule has 1 aliphatic heterocycles. The van der Waals surface area contributed by atoms with Crippen molar-refractivity contribution >= 4 is 11.9 Å². The molecule has 3 aromatic carbocycles. The Morgan fingerprint density at radius 3 is 1.82 bits per heavy atom. The van der Waals surface area contributed by atoms with Crippen LogP contribution in [0.15, 0.2) is 84.9 Å². The number of rotatable bonds is 7. The lowest BCUT2D eigenvalue weighted by Crippen LogP contribution is -2.45. The SMILES string of the molecule is COC(=O)C1(C(=O)OC)C[C@H](c2ccccc2)N(Cc2ccc(OC)cc2)[C@@H]1c1ccccc1. The topological polar surface area (TPSA) is 65.1 Å². The summed E-state index contributed by atoms with van der Waals surface area (Å²) in [5, 5.41) is 0. The molecule has 1 aliphatic rings. The fourth-order valence-corrected chi connectivity index (χ4v) is 5.07. The summed E-state index contributed by atoms with van der Waals surface area (Å²) in [6.45, 7) is 0.513. The molecule has 0 radical (unpaired) electrons. The van der Waals surface area contributed by atoms with Gasteiger partial charge in [-0.1, -0.05) is 72.8 Å². The highest BCUT2D eigenvalue weighted by molar-refractivity contribution is 6.01. The Labute approximate surface area is 200 Å². The third-order valence-corrected chi connectivity index (χ3v) is 6.64. The van der Waals surface area contributed by atoms with Crippen molar-refractivity contribution in [2.75, 3.05) is 21.3 Å². The van der Waals surface area contributed by atoms with Crippen LogP contribution >= 0.6 is 0 Å². The maximum atomic E-state index is 13.4. The number of ether oxygens (including phenoxy) is 3. The van der Waals surface area contributed by atoms with Gasteiger partial charge in [0.1, 0.15) is 5.75 Å². The van der Waals surface area contributed by atoms with Crippen molar-refractivity contribution in [2.24, 2.45) is 5.41 Å². The summed E-state index contributed by atoms with van der Waals surface area (Å²) in [5.74, 6) is -0.416. The fourth-order valence-electron chi connectivity index (χ4n) is 5.07. The van der Waals surface area contributed by atoms with Gasteiger partial charge in [0, 0.05) is 12.6 Å². The Balaban J connectivity index is 1.90. The fraction of sp³-hybridized carbons (Fsp3) is 0.286. The number of esters is 2. The molecule has 34 heavy (non-hydrogen) atoms. The first-order valence-corrected chi connectivity index (χ1v) is 11.2. The average molecular weight is 460 g/mol. The van der Waals surface area contributed by atoms with E-state index in [1.807, 2.05) is 84.9 Å². The monoisotopic (exact) mass is 459 g/mol. The lowest BCUT2D eigenvalue weighted by molar-refractivity contribution is -0.171. The quantitative estimate of drug-likeness (QED) is 0.376. The zero-order valence-electron chi connectivity index (χ0n) is 19.6. The van der Waals surface area contributed by atoms with Crippen LogP contribution in [0.2, 0.25) is 0 Å². The van der Waals surface area contributed by atoms with E-state index in [4.69, 9.17) is 14.2 Å². The van der Waals surface area contributed by atoms with E-state index in [0.717, 1.165) is 22.4 Å². The van der Waals surface area contributed by atoms with Gasteiger partial charge in [0.15, 0.2) is 5.41 Å². The maximum Gasteiger partial charge on any atom is 0.325 e. The number of likely N-dealkylation sites (tertiary alicyclic amines) is 1. The van der Waals surface area contributed by atoms with Crippen LogP contribution in [0.25, 0.3) is 0 Å². The first-order chi connectivity index (χ1) is 16.5. The van der Waals surface area contributed by atoms with Crippen LogP contribution in [-0.4, -0.2) is 38.2 Å². The number of carbonyl (C=O) groups is 2. The first-order valence-electron chi connectivity index (χ1n) is 11.2. The molecule has 0 spiro atoms. The van der Waals surface area contributed by atoms with E-state index in [9.17, 15) is 9.59 Å². The molecular formula is C28H29NO5. The van der Waals surface area contributed by atoms with Gasteiger partial charge in [-0.2, -0.15) is 0 Å². The molecule has 0 unspecified atom stereocenters. The van der Waals surface area contributed by atoms with Crippen LogP contribution in [0.3, 0.4) is 0 Å². The minimum Gasteiger partial charge on any atom is -0.497 e. The summed E-state index contributed by atoms with van der Waals surface area (Å²) < 4.78 is 15.8. The van der Waals surface area contributed by atoms with E-state index in [1.165, 1.54) is 14.2 Å². The van der Waals surface area contributed by atoms with Gasteiger partial charge in [-0.3, -0.25) is 14.5 Å². The average Bonchev–Trinajstić information content (AvgIpc) is 3.24. The highest BCUT2D eigenvalue weighted by atomic mass is 16.5. The summed E-state index contributed by atoms with van der Waals surface area (Å²) in [7, 11) is 4.27. The number of hydrogen-bond acceptors (Lipinski definition) is 6. The largest absolute Gasteiger partial charge is 0.497 e. The van der Waals surface area contributed by atoms with E-state index in [2.05, 4.69) is 4.90 Å². The normalized spacial score (nSPS) is 19.4. The van der Waals surface area contributed by atoms with Crippen molar-refractivity contribution in [1.82, 2.24) is 4.90 Å². The summed E-state index contributed by atoms with van der Waals surface area (Å²) >= 11 is 0. The van der Waals surface area contributed by atoms with E-state index in [0.29, 0.717) is 6.54 Å². The van der Waals surface area contributed by atoms with Crippen LogP contribution < -0.4 is 4.74 Å². The Kier molecular flexibility index (Phi) is 6.98. The second kappa shape index (κ2) is 10.1. The van der Waals surface area contributed by atoms with Crippen LogP contribution in [0, 0.1) is 5.41 Å². The zero-order valence-corrected chi connectivity index (χ0v) is 19.6. The van der Waals surface area contributed by atoms with Crippen LogP contribution in [0.5, 0.6) is 5.75 Å². The molecule has 0 bridgehead atoms. The highest BCUT2D eigenvalue weighted by Gasteiger charge is 2.64. The van der Waals surface area contributed by atoms with Gasteiger partial charge < -0.3 is 14.2 Å². The molecular weight excluding hydrogens is 430 g/mol. The lowest BCUT2D eigenvalue weighted by Gasteiger charge is -2.35. The van der Waals surface area contributed by atoms with Gasteiger partial charge in [0.25, 0.3) is 0 Å². The first kappa shape index (κ1) is 23.5. The van der Waals surface area contributed by atoms with Crippen molar-refractivity contribution in [3.63, 3.8) is 0 Å². The minimum atomic E-state index is -1.52. The molecule has 1 saturated heterocycles. The molecule has 176 valence electrons. The van der Waals surface area contributed by atoms with Crippen molar-refractivity contribution in [3.8, 4) is 5.75 Å². The molecule has 0 amide bonds. The molecule has 0 aromatic heterocycles. The molecule has 0 N–H and O–H groups in total. The van der Waals surface area contributed by atoms with Gasteiger partial charge in [-0.15, -0.1) is 0 Å². The van der Waals surface area contributed by atoms with E-state index in [1.54, 1.807) is 7.11 Å². The predicted octanol–water partition coefficient (Wildman–Crippen LogP) is 4.72. The van der Waals surface area contributed by atoms with Gasteiger partial charge in [-0.25, -0.2) is 0 Å². The zero-order chi connectivity index (χ0) is 24.1. The highest BCUT2D eigenvalue weighted by Crippen LogP contribution is 2.57. The molecule has 4 rings (SSSR count). The minimum absolute atomic E-state index is 0.216. The van der Waals surface area contributed by atoms with Crippen molar-refractivity contribution in [3.05, 3.63) is 102 Å². The van der Waals surface area contributed by atoms with E-state index < -0.39 is 23.4 Å². The summed E-state index contributed by atoms with van der Waals surface area (Å²) in [6.07, 6.45) is 0.242. The molecule has 6 heteroatoms. The second-order valence-corrected chi connectivity index (χ2v) is 8.42. The molecule has 2 atom stereocenters. The smallest absolute Gasteiger partial charge is 0.325 e. The predicted molar refractivity (Wildman–Crippen MR) is 128 cm³/mol. The van der Waals surface area contributed by atoms with E-state index >= 15 is 0 Å². The standard InChI is InChI=1S/C28H29NO5/c1-32-23-16-14-20(15-17-23)19-29-24(21-10-6-4-7-11-21)18-28(26(30)33-2,27(31)34-3)25(29)22-12-8-5-9-13-22/h4-17,24-25H,18-19H2,1-3H3/t24-,25-/m1/s1. The third-order valence-electron chi connectivity index (χ3n) is 6.64. The lowest BCUT2D eigenvalue weighted by atomic mass is 9.75. The molecule has 3 aromatic rings.